The molecule has 1 atom stereocenters. The third kappa shape index (κ3) is 3.79. The molecule has 1 aliphatic rings. The topological polar surface area (TPSA) is 72.8 Å². The summed E-state index contributed by atoms with van der Waals surface area (Å²) < 4.78 is 43.1. The molecule has 0 bridgehead atoms. The molecule has 1 unspecified atom stereocenters. The maximum Gasteiger partial charge on any atom is 0.294 e. The third-order valence-electron chi connectivity index (χ3n) is 3.30. The van der Waals surface area contributed by atoms with E-state index in [0.717, 1.165) is 5.56 Å². The zero-order valence-electron chi connectivity index (χ0n) is 11.9. The average Bonchev–Trinajstić information content (AvgIpc) is 2.65. The van der Waals surface area contributed by atoms with Crippen molar-refractivity contribution in [3.8, 4) is 0 Å². The van der Waals surface area contributed by atoms with Crippen LogP contribution in [0.15, 0.2) is 23.1 Å². The molecular weight excluding hydrogens is 280 g/mol. The number of benzene rings is 1. The van der Waals surface area contributed by atoms with E-state index < -0.39 is 15.9 Å². The Bertz CT molecular complexity index is 592. The minimum atomic E-state index is -4.19. The van der Waals surface area contributed by atoms with E-state index in [-0.39, 0.29) is 11.0 Å². The predicted octanol–water partition coefficient (Wildman–Crippen LogP) is 2.33. The molecule has 2 rings (SSSR count). The van der Waals surface area contributed by atoms with E-state index in [1.807, 2.05) is 20.8 Å². The minimum Gasteiger partial charge on any atom is -0.348 e. The van der Waals surface area contributed by atoms with Crippen molar-refractivity contribution in [2.75, 3.05) is 6.61 Å². The Morgan fingerprint density at radius 1 is 1.40 bits per heavy atom. The van der Waals surface area contributed by atoms with Gasteiger partial charge in [0.15, 0.2) is 5.79 Å². The Kier molecular flexibility index (Phi) is 4.20. The highest BCUT2D eigenvalue weighted by atomic mass is 32.2. The second kappa shape index (κ2) is 5.44. The first-order chi connectivity index (χ1) is 9.17. The summed E-state index contributed by atoms with van der Waals surface area (Å²) in [6, 6.07) is 4.89. The largest absolute Gasteiger partial charge is 0.348 e. The van der Waals surface area contributed by atoms with Crippen molar-refractivity contribution < 1.29 is 22.4 Å². The quantitative estimate of drug-likeness (QED) is 0.864. The Hall–Kier alpha value is -0.950. The zero-order chi connectivity index (χ0) is 15.0. The molecule has 20 heavy (non-hydrogen) atoms. The lowest BCUT2D eigenvalue weighted by molar-refractivity contribution is -0.138. The normalized spacial score (nSPS) is 22.1. The maximum absolute atomic E-state index is 11.4. The molecule has 1 heterocycles. The molecule has 0 aromatic heterocycles. The number of hydrogen-bond acceptors (Lipinski definition) is 4. The monoisotopic (exact) mass is 300 g/mol. The summed E-state index contributed by atoms with van der Waals surface area (Å²) in [5.74, 6) is -0.580. The molecule has 0 amide bonds. The summed E-state index contributed by atoms with van der Waals surface area (Å²) in [4.78, 5) is -0.0266. The van der Waals surface area contributed by atoms with Crippen LogP contribution in [0, 0.1) is 6.92 Å². The summed E-state index contributed by atoms with van der Waals surface area (Å²) >= 11 is 0. The summed E-state index contributed by atoms with van der Waals surface area (Å²) in [6.45, 7) is 6.09. The van der Waals surface area contributed by atoms with E-state index in [9.17, 15) is 13.0 Å². The summed E-state index contributed by atoms with van der Waals surface area (Å²) in [5, 5.41) is 0. The predicted molar refractivity (Wildman–Crippen MR) is 74.2 cm³/mol. The highest BCUT2D eigenvalue weighted by Gasteiger charge is 2.32. The van der Waals surface area contributed by atoms with Crippen molar-refractivity contribution in [3.05, 3.63) is 29.3 Å². The number of hydrogen-bond donors (Lipinski definition) is 1. The van der Waals surface area contributed by atoms with Crippen LogP contribution in [0.5, 0.6) is 0 Å². The first kappa shape index (κ1) is 15.4. The fourth-order valence-corrected chi connectivity index (χ4v) is 3.11. The lowest BCUT2D eigenvalue weighted by atomic mass is 10.0. The fraction of sp³-hybridized carbons (Fsp3) is 0.571. The molecule has 5 nitrogen and oxygen atoms in total. The van der Waals surface area contributed by atoms with E-state index in [2.05, 4.69) is 0 Å². The van der Waals surface area contributed by atoms with Crippen LogP contribution >= 0.6 is 0 Å². The van der Waals surface area contributed by atoms with Gasteiger partial charge >= 0.3 is 0 Å². The van der Waals surface area contributed by atoms with Crippen LogP contribution in [-0.4, -0.2) is 31.5 Å². The molecule has 6 heteroatoms. The molecule has 1 fully saturated rings. The van der Waals surface area contributed by atoms with Gasteiger partial charge in [0.25, 0.3) is 10.1 Å². The third-order valence-corrected chi connectivity index (χ3v) is 4.25. The molecule has 0 saturated carbocycles. The average molecular weight is 300 g/mol. The van der Waals surface area contributed by atoms with Crippen molar-refractivity contribution in [3.63, 3.8) is 0 Å². The highest BCUT2D eigenvalue weighted by molar-refractivity contribution is 7.85. The number of aryl methyl sites for hydroxylation is 2. The van der Waals surface area contributed by atoms with Gasteiger partial charge in [-0.05, 0) is 45.2 Å². The second-order valence-electron chi connectivity index (χ2n) is 5.58. The van der Waals surface area contributed by atoms with Crippen LogP contribution in [0.4, 0.5) is 0 Å². The first-order valence-corrected chi connectivity index (χ1v) is 8.00. The van der Waals surface area contributed by atoms with Crippen LogP contribution < -0.4 is 0 Å². The maximum atomic E-state index is 11.4. The van der Waals surface area contributed by atoms with Gasteiger partial charge in [0.2, 0.25) is 0 Å². The molecule has 1 saturated heterocycles. The Labute approximate surface area is 119 Å². The molecule has 1 N–H and O–H groups in total. The van der Waals surface area contributed by atoms with Gasteiger partial charge in [0.05, 0.1) is 17.6 Å². The van der Waals surface area contributed by atoms with Crippen molar-refractivity contribution in [2.24, 2.45) is 0 Å². The molecule has 112 valence electrons. The van der Waals surface area contributed by atoms with E-state index in [1.54, 1.807) is 12.1 Å². The number of rotatable bonds is 4. The molecule has 0 aliphatic carbocycles. The van der Waals surface area contributed by atoms with Crippen molar-refractivity contribution in [2.45, 2.75) is 50.4 Å². The molecule has 1 aromatic carbocycles. The van der Waals surface area contributed by atoms with E-state index in [4.69, 9.17) is 9.47 Å². The van der Waals surface area contributed by atoms with Gasteiger partial charge in [-0.15, -0.1) is 0 Å². The lowest BCUT2D eigenvalue weighted by Gasteiger charge is -2.17. The molecular formula is C14H20O5S. The Balaban J connectivity index is 2.12. The fourth-order valence-electron chi connectivity index (χ4n) is 2.38. The van der Waals surface area contributed by atoms with Gasteiger partial charge in [-0.2, -0.15) is 8.42 Å². The molecule has 0 spiro atoms. The van der Waals surface area contributed by atoms with Gasteiger partial charge in [-0.1, -0.05) is 17.7 Å². The van der Waals surface area contributed by atoms with Crippen molar-refractivity contribution >= 4 is 10.1 Å². The summed E-state index contributed by atoms with van der Waals surface area (Å²) in [5.41, 5.74) is 1.57. The molecule has 0 radical (unpaired) electrons. The highest BCUT2D eigenvalue weighted by Crippen LogP contribution is 2.26. The van der Waals surface area contributed by atoms with Crippen LogP contribution in [0.2, 0.25) is 0 Å². The summed E-state index contributed by atoms with van der Waals surface area (Å²) in [7, 11) is -4.19. The van der Waals surface area contributed by atoms with Crippen molar-refractivity contribution in [1.29, 1.82) is 0 Å². The van der Waals surface area contributed by atoms with Gasteiger partial charge in [-0.3, -0.25) is 4.55 Å². The van der Waals surface area contributed by atoms with Crippen LogP contribution in [-0.2, 0) is 26.0 Å². The Morgan fingerprint density at radius 3 is 2.65 bits per heavy atom. The van der Waals surface area contributed by atoms with Crippen molar-refractivity contribution in [1.82, 2.24) is 0 Å². The summed E-state index contributed by atoms with van der Waals surface area (Å²) in [6.07, 6.45) is 1.11. The Morgan fingerprint density at radius 2 is 2.10 bits per heavy atom. The van der Waals surface area contributed by atoms with E-state index in [1.165, 1.54) is 6.07 Å². The molecule has 1 aliphatic heterocycles. The second-order valence-corrected chi connectivity index (χ2v) is 6.97. The van der Waals surface area contributed by atoms with Crippen LogP contribution in [0.3, 0.4) is 0 Å². The molecule has 1 aromatic rings. The van der Waals surface area contributed by atoms with Gasteiger partial charge < -0.3 is 9.47 Å². The van der Waals surface area contributed by atoms with Gasteiger partial charge in [0, 0.05) is 0 Å². The van der Waals surface area contributed by atoms with Gasteiger partial charge in [0.1, 0.15) is 0 Å². The first-order valence-electron chi connectivity index (χ1n) is 6.56. The van der Waals surface area contributed by atoms with Crippen LogP contribution in [0.1, 0.15) is 31.4 Å². The standard InChI is InChI=1S/C14H20O5S/c1-10-4-7-13(20(15,16)17)11(8-10)5-6-12-9-18-14(2,3)19-12/h4,7-8,12H,5-6,9H2,1-3H3,(H,15,16,17). The van der Waals surface area contributed by atoms with E-state index >= 15 is 0 Å². The zero-order valence-corrected chi connectivity index (χ0v) is 12.7. The van der Waals surface area contributed by atoms with E-state index in [0.29, 0.717) is 25.0 Å². The van der Waals surface area contributed by atoms with Gasteiger partial charge in [-0.25, -0.2) is 0 Å². The van der Waals surface area contributed by atoms with Crippen LogP contribution in [0.25, 0.3) is 0 Å². The lowest BCUT2D eigenvalue weighted by Crippen LogP contribution is -2.21. The minimum absolute atomic E-state index is 0.0266. The number of ether oxygens (including phenoxy) is 2. The SMILES string of the molecule is Cc1ccc(S(=O)(=O)O)c(CCC2COC(C)(C)O2)c1. The smallest absolute Gasteiger partial charge is 0.294 e.